The van der Waals surface area contributed by atoms with Crippen LogP contribution in [0.1, 0.15) is 32.1 Å². The number of nitrogens with zero attached hydrogens (tertiary/aromatic N) is 1. The Labute approximate surface area is 104 Å². The van der Waals surface area contributed by atoms with E-state index in [1.165, 1.54) is 12.8 Å². The van der Waals surface area contributed by atoms with Crippen LogP contribution < -0.4 is 5.73 Å². The third-order valence-electron chi connectivity index (χ3n) is 3.87. The molecule has 1 saturated heterocycles. The van der Waals surface area contributed by atoms with Crippen molar-refractivity contribution in [1.82, 2.24) is 4.90 Å². The number of hydrogen-bond donors (Lipinski definition) is 1. The van der Waals surface area contributed by atoms with Gasteiger partial charge in [-0.1, -0.05) is 0 Å². The molecule has 1 heterocycles. The predicted octanol–water partition coefficient (Wildman–Crippen LogP) is 1.46. The van der Waals surface area contributed by atoms with Gasteiger partial charge in [-0.2, -0.15) is 0 Å². The maximum absolute atomic E-state index is 6.13. The van der Waals surface area contributed by atoms with Crippen LogP contribution in [0.5, 0.6) is 0 Å². The smallest absolute Gasteiger partial charge is 0.182 e. The quantitative estimate of drug-likeness (QED) is 0.756. The molecule has 0 radical (unpaired) electrons. The minimum Gasteiger partial charge on any atom is -0.475 e. The highest BCUT2D eigenvalue weighted by atomic mass is 16.5. The summed E-state index contributed by atoms with van der Waals surface area (Å²) in [4.78, 5) is 2.22. The highest BCUT2D eigenvalue weighted by molar-refractivity contribution is 4.92. The van der Waals surface area contributed by atoms with Crippen molar-refractivity contribution in [3.63, 3.8) is 0 Å². The van der Waals surface area contributed by atoms with Gasteiger partial charge in [0.05, 0.1) is 6.10 Å². The molecular formula is C13H24N2O2. The van der Waals surface area contributed by atoms with E-state index in [-0.39, 0.29) is 12.1 Å². The molecule has 0 bridgehead atoms. The summed E-state index contributed by atoms with van der Waals surface area (Å²) in [7, 11) is 1.75. The minimum atomic E-state index is 0.0630. The van der Waals surface area contributed by atoms with Crippen molar-refractivity contribution in [2.24, 2.45) is 5.73 Å². The first kappa shape index (κ1) is 12.7. The van der Waals surface area contributed by atoms with E-state index in [0.717, 1.165) is 38.2 Å². The second-order valence-electron chi connectivity index (χ2n) is 5.08. The van der Waals surface area contributed by atoms with Gasteiger partial charge in [0, 0.05) is 26.2 Å². The van der Waals surface area contributed by atoms with Gasteiger partial charge in [-0.25, -0.2) is 0 Å². The summed E-state index contributed by atoms with van der Waals surface area (Å²) >= 11 is 0. The lowest BCUT2D eigenvalue weighted by atomic mass is 9.91. The third kappa shape index (κ3) is 3.13. The Morgan fingerprint density at radius 3 is 2.59 bits per heavy atom. The van der Waals surface area contributed by atoms with Gasteiger partial charge < -0.3 is 20.1 Å². The average molecular weight is 240 g/mol. The first-order valence-corrected chi connectivity index (χ1v) is 6.59. The molecule has 2 N–H and O–H groups in total. The normalized spacial score (nSPS) is 33.8. The van der Waals surface area contributed by atoms with Crippen LogP contribution in [0, 0.1) is 0 Å². The van der Waals surface area contributed by atoms with Gasteiger partial charge in [0.15, 0.2) is 5.88 Å². The molecule has 3 atom stereocenters. The van der Waals surface area contributed by atoms with Gasteiger partial charge in [-0.15, -0.1) is 0 Å². The van der Waals surface area contributed by atoms with Crippen molar-refractivity contribution in [1.29, 1.82) is 0 Å². The largest absolute Gasteiger partial charge is 0.475 e. The fraction of sp³-hybridized carbons (Fsp3) is 0.846. The highest BCUT2D eigenvalue weighted by Crippen LogP contribution is 2.25. The van der Waals surface area contributed by atoms with E-state index < -0.39 is 0 Å². The fourth-order valence-electron chi connectivity index (χ4n) is 2.71. The number of likely N-dealkylation sites (tertiary alicyclic amines) is 1. The summed E-state index contributed by atoms with van der Waals surface area (Å²) in [5, 5.41) is 0. The summed E-state index contributed by atoms with van der Waals surface area (Å²) in [6.07, 6.45) is 5.76. The molecule has 1 aliphatic carbocycles. The van der Waals surface area contributed by atoms with E-state index in [2.05, 4.69) is 11.5 Å². The molecule has 0 amide bonds. The zero-order valence-corrected chi connectivity index (χ0v) is 10.7. The topological polar surface area (TPSA) is 47.7 Å². The highest BCUT2D eigenvalue weighted by Gasteiger charge is 2.30. The third-order valence-corrected chi connectivity index (χ3v) is 3.87. The average Bonchev–Trinajstić information content (AvgIpc) is 2.85. The van der Waals surface area contributed by atoms with Crippen molar-refractivity contribution >= 4 is 0 Å². The maximum atomic E-state index is 6.13. The van der Waals surface area contributed by atoms with Crippen LogP contribution in [0.3, 0.4) is 0 Å². The Kier molecular flexibility index (Phi) is 4.29. The molecule has 2 aliphatic rings. The Bertz CT molecular complexity index is 264. The second-order valence-corrected chi connectivity index (χ2v) is 5.08. The van der Waals surface area contributed by atoms with Crippen LogP contribution in [-0.2, 0) is 9.47 Å². The number of ether oxygens (including phenoxy) is 2. The molecular weight excluding hydrogens is 216 g/mol. The van der Waals surface area contributed by atoms with E-state index in [0.29, 0.717) is 6.10 Å². The lowest BCUT2D eigenvalue weighted by Crippen LogP contribution is -2.45. The molecule has 0 aromatic carbocycles. The number of methoxy groups -OCH3 is 1. The molecule has 0 aromatic rings. The van der Waals surface area contributed by atoms with Gasteiger partial charge >= 0.3 is 0 Å². The standard InChI is InChI=1S/C13H24N2O2/c1-10(15-7-3-4-8-15)17-13-6-5-11(16-2)9-12(13)14/h11-13H,1,3-9,14H2,2H3. The minimum absolute atomic E-state index is 0.0630. The molecule has 2 rings (SSSR count). The SMILES string of the molecule is C=C(OC1CCC(OC)CC1N)N1CCCC1. The molecule has 17 heavy (non-hydrogen) atoms. The van der Waals surface area contributed by atoms with Crippen LogP contribution in [0.4, 0.5) is 0 Å². The van der Waals surface area contributed by atoms with Crippen molar-refractivity contribution in [2.45, 2.75) is 50.4 Å². The van der Waals surface area contributed by atoms with Gasteiger partial charge in [-0.3, -0.25) is 0 Å². The second kappa shape index (κ2) is 5.74. The Morgan fingerprint density at radius 2 is 2.00 bits per heavy atom. The molecule has 1 saturated carbocycles. The molecule has 1 aliphatic heterocycles. The molecule has 2 fully saturated rings. The zero-order valence-electron chi connectivity index (χ0n) is 10.7. The first-order valence-electron chi connectivity index (χ1n) is 6.59. The van der Waals surface area contributed by atoms with Crippen LogP contribution in [0.25, 0.3) is 0 Å². The van der Waals surface area contributed by atoms with Gasteiger partial charge in [0.1, 0.15) is 6.10 Å². The molecule has 98 valence electrons. The van der Waals surface area contributed by atoms with Crippen LogP contribution >= 0.6 is 0 Å². The number of hydrogen-bond acceptors (Lipinski definition) is 4. The maximum Gasteiger partial charge on any atom is 0.182 e. The summed E-state index contributed by atoms with van der Waals surface area (Å²) < 4.78 is 11.3. The van der Waals surface area contributed by atoms with Crippen molar-refractivity contribution in [2.75, 3.05) is 20.2 Å². The lowest BCUT2D eigenvalue weighted by molar-refractivity contribution is -0.0209. The first-order chi connectivity index (χ1) is 8.20. The number of nitrogens with two attached hydrogens (primary N) is 1. The summed E-state index contributed by atoms with van der Waals surface area (Å²) in [5.74, 6) is 0.804. The van der Waals surface area contributed by atoms with E-state index in [4.69, 9.17) is 15.2 Å². The van der Waals surface area contributed by atoms with E-state index in [1.807, 2.05) is 0 Å². The lowest BCUT2D eigenvalue weighted by Gasteiger charge is -2.35. The van der Waals surface area contributed by atoms with E-state index in [9.17, 15) is 0 Å². The predicted molar refractivity (Wildman–Crippen MR) is 67.4 cm³/mol. The zero-order chi connectivity index (χ0) is 12.3. The van der Waals surface area contributed by atoms with Crippen molar-refractivity contribution in [3.05, 3.63) is 12.5 Å². The van der Waals surface area contributed by atoms with Crippen LogP contribution in [-0.4, -0.2) is 43.3 Å². The monoisotopic (exact) mass is 240 g/mol. The van der Waals surface area contributed by atoms with Crippen LogP contribution in [0.15, 0.2) is 12.5 Å². The molecule has 0 spiro atoms. The van der Waals surface area contributed by atoms with E-state index >= 15 is 0 Å². The van der Waals surface area contributed by atoms with Crippen molar-refractivity contribution in [3.8, 4) is 0 Å². The number of rotatable bonds is 4. The fourth-order valence-corrected chi connectivity index (χ4v) is 2.71. The van der Waals surface area contributed by atoms with E-state index in [1.54, 1.807) is 7.11 Å². The van der Waals surface area contributed by atoms with Gasteiger partial charge in [0.25, 0.3) is 0 Å². The summed E-state index contributed by atoms with van der Waals surface area (Å²) in [5.41, 5.74) is 6.13. The summed E-state index contributed by atoms with van der Waals surface area (Å²) in [6, 6.07) is 0.0630. The molecule has 4 heteroatoms. The molecule has 3 unspecified atom stereocenters. The Hall–Kier alpha value is -0.740. The van der Waals surface area contributed by atoms with Crippen LogP contribution in [0.2, 0.25) is 0 Å². The van der Waals surface area contributed by atoms with Gasteiger partial charge in [0.2, 0.25) is 0 Å². The Balaban J connectivity index is 1.80. The molecule has 0 aromatic heterocycles. The van der Waals surface area contributed by atoms with Crippen molar-refractivity contribution < 1.29 is 9.47 Å². The van der Waals surface area contributed by atoms with Gasteiger partial charge in [-0.05, 0) is 38.7 Å². The molecule has 4 nitrogen and oxygen atoms in total. The summed E-state index contributed by atoms with van der Waals surface area (Å²) in [6.45, 7) is 6.16. The Morgan fingerprint density at radius 1 is 1.29 bits per heavy atom.